The van der Waals surface area contributed by atoms with Gasteiger partial charge in [0.2, 0.25) is 0 Å². The van der Waals surface area contributed by atoms with Crippen LogP contribution in [0.25, 0.3) is 22.6 Å². The van der Waals surface area contributed by atoms with E-state index in [4.69, 9.17) is 4.52 Å². The molecule has 0 radical (unpaired) electrons. The Balaban J connectivity index is 2.03. The molecule has 4 heteroatoms. The van der Waals surface area contributed by atoms with E-state index in [9.17, 15) is 10.2 Å². The minimum atomic E-state index is 0.151. The van der Waals surface area contributed by atoms with Crippen LogP contribution in [0.15, 0.2) is 59.1 Å². The van der Waals surface area contributed by atoms with Crippen LogP contribution in [0.3, 0.4) is 0 Å². The van der Waals surface area contributed by atoms with E-state index in [1.807, 2.05) is 12.1 Å². The number of benzene rings is 2. The lowest BCUT2D eigenvalue weighted by Crippen LogP contribution is -1.77. The zero-order chi connectivity index (χ0) is 13.2. The van der Waals surface area contributed by atoms with E-state index in [-0.39, 0.29) is 11.5 Å². The van der Waals surface area contributed by atoms with Crippen molar-refractivity contribution in [3.05, 3.63) is 54.6 Å². The Bertz CT molecular complexity index is 719. The largest absolute Gasteiger partial charge is 0.508 e. The molecule has 0 saturated heterocycles. The molecular formula is C15H11NO3. The van der Waals surface area contributed by atoms with Crippen molar-refractivity contribution in [2.75, 3.05) is 0 Å². The zero-order valence-corrected chi connectivity index (χ0v) is 9.95. The third kappa shape index (κ3) is 2.15. The molecule has 19 heavy (non-hydrogen) atoms. The van der Waals surface area contributed by atoms with E-state index in [1.165, 1.54) is 0 Å². The molecule has 2 N–H and O–H groups in total. The van der Waals surface area contributed by atoms with Crippen molar-refractivity contribution in [1.29, 1.82) is 0 Å². The van der Waals surface area contributed by atoms with Gasteiger partial charge in [-0.15, -0.1) is 0 Å². The molecule has 3 aromatic rings. The molecule has 0 amide bonds. The van der Waals surface area contributed by atoms with E-state index in [0.717, 1.165) is 5.56 Å². The number of para-hydroxylation sites is 1. The van der Waals surface area contributed by atoms with Gasteiger partial charge < -0.3 is 14.7 Å². The number of nitrogens with zero attached hydrogens (tertiary/aromatic N) is 1. The van der Waals surface area contributed by atoms with Gasteiger partial charge in [0.15, 0.2) is 5.76 Å². The Morgan fingerprint density at radius 2 is 1.74 bits per heavy atom. The van der Waals surface area contributed by atoms with Gasteiger partial charge in [0.05, 0.1) is 0 Å². The first-order chi connectivity index (χ1) is 9.24. The van der Waals surface area contributed by atoms with E-state index in [1.54, 1.807) is 42.5 Å². The third-order valence-electron chi connectivity index (χ3n) is 2.82. The van der Waals surface area contributed by atoms with Crippen LogP contribution in [0.5, 0.6) is 11.5 Å². The first kappa shape index (κ1) is 11.3. The lowest BCUT2D eigenvalue weighted by Gasteiger charge is -1.98. The molecule has 0 atom stereocenters. The highest BCUT2D eigenvalue weighted by molar-refractivity contribution is 5.71. The normalized spacial score (nSPS) is 10.5. The fourth-order valence-corrected chi connectivity index (χ4v) is 1.89. The van der Waals surface area contributed by atoms with Crippen LogP contribution < -0.4 is 0 Å². The van der Waals surface area contributed by atoms with Crippen molar-refractivity contribution in [2.45, 2.75) is 0 Å². The lowest BCUT2D eigenvalue weighted by atomic mass is 10.1. The summed E-state index contributed by atoms with van der Waals surface area (Å²) in [7, 11) is 0. The number of hydrogen-bond acceptors (Lipinski definition) is 4. The molecular weight excluding hydrogens is 242 g/mol. The molecule has 0 aliphatic heterocycles. The minimum absolute atomic E-state index is 0.151. The van der Waals surface area contributed by atoms with Gasteiger partial charge in [-0.05, 0) is 24.3 Å². The molecule has 94 valence electrons. The predicted molar refractivity (Wildman–Crippen MR) is 70.7 cm³/mol. The van der Waals surface area contributed by atoms with Crippen LogP contribution in [0, 0.1) is 0 Å². The average Bonchev–Trinajstić information content (AvgIpc) is 2.89. The molecule has 0 spiro atoms. The first-order valence-corrected chi connectivity index (χ1v) is 5.78. The van der Waals surface area contributed by atoms with Crippen LogP contribution in [-0.2, 0) is 0 Å². The molecule has 3 rings (SSSR count). The van der Waals surface area contributed by atoms with Crippen molar-refractivity contribution in [3.63, 3.8) is 0 Å². The number of aromatic hydroxyl groups is 2. The molecule has 2 aromatic carbocycles. The van der Waals surface area contributed by atoms with Gasteiger partial charge in [-0.25, -0.2) is 0 Å². The van der Waals surface area contributed by atoms with Crippen molar-refractivity contribution in [1.82, 2.24) is 5.16 Å². The maximum atomic E-state index is 9.77. The Hall–Kier alpha value is -2.75. The first-order valence-electron chi connectivity index (χ1n) is 5.78. The Morgan fingerprint density at radius 1 is 0.895 bits per heavy atom. The van der Waals surface area contributed by atoms with Crippen molar-refractivity contribution >= 4 is 0 Å². The van der Waals surface area contributed by atoms with E-state index < -0.39 is 0 Å². The monoisotopic (exact) mass is 253 g/mol. The minimum Gasteiger partial charge on any atom is -0.508 e. The van der Waals surface area contributed by atoms with E-state index in [0.29, 0.717) is 17.0 Å². The fraction of sp³-hybridized carbons (Fsp3) is 0. The zero-order valence-electron chi connectivity index (χ0n) is 9.95. The maximum absolute atomic E-state index is 9.77. The Morgan fingerprint density at radius 3 is 2.53 bits per heavy atom. The summed E-state index contributed by atoms with van der Waals surface area (Å²) in [6.07, 6.45) is 0. The van der Waals surface area contributed by atoms with Gasteiger partial charge in [-0.3, -0.25) is 0 Å². The summed E-state index contributed by atoms with van der Waals surface area (Å²) in [5.41, 5.74) is 1.89. The number of rotatable bonds is 2. The molecule has 1 aromatic heterocycles. The SMILES string of the molecule is Oc1cccc(-c2cc(-c3ccccc3O)no2)c1. The second-order valence-electron chi connectivity index (χ2n) is 4.14. The fourth-order valence-electron chi connectivity index (χ4n) is 1.89. The summed E-state index contributed by atoms with van der Waals surface area (Å²) in [5.74, 6) is 0.852. The summed E-state index contributed by atoms with van der Waals surface area (Å²) in [6.45, 7) is 0. The van der Waals surface area contributed by atoms with Gasteiger partial charge >= 0.3 is 0 Å². The Kier molecular flexibility index (Phi) is 2.68. The van der Waals surface area contributed by atoms with E-state index >= 15 is 0 Å². The van der Waals surface area contributed by atoms with Crippen molar-refractivity contribution < 1.29 is 14.7 Å². The van der Waals surface area contributed by atoms with Gasteiger partial charge in [0.1, 0.15) is 17.2 Å². The molecule has 4 nitrogen and oxygen atoms in total. The maximum Gasteiger partial charge on any atom is 0.167 e. The highest BCUT2D eigenvalue weighted by Gasteiger charge is 2.11. The van der Waals surface area contributed by atoms with Crippen LogP contribution in [0.1, 0.15) is 0 Å². The van der Waals surface area contributed by atoms with Crippen LogP contribution in [-0.4, -0.2) is 15.4 Å². The third-order valence-corrected chi connectivity index (χ3v) is 2.82. The molecule has 0 aliphatic rings. The van der Waals surface area contributed by atoms with Gasteiger partial charge in [0.25, 0.3) is 0 Å². The highest BCUT2D eigenvalue weighted by atomic mass is 16.5. The molecule has 0 fully saturated rings. The summed E-state index contributed by atoms with van der Waals surface area (Å²) < 4.78 is 5.24. The second-order valence-corrected chi connectivity index (χ2v) is 4.14. The molecule has 0 saturated carbocycles. The van der Waals surface area contributed by atoms with Crippen LogP contribution >= 0.6 is 0 Å². The van der Waals surface area contributed by atoms with Crippen LogP contribution in [0.2, 0.25) is 0 Å². The van der Waals surface area contributed by atoms with Gasteiger partial charge in [-0.2, -0.15) is 0 Å². The summed E-state index contributed by atoms with van der Waals surface area (Å²) in [5, 5.41) is 23.1. The summed E-state index contributed by atoms with van der Waals surface area (Å²) >= 11 is 0. The number of phenols is 2. The summed E-state index contributed by atoms with van der Waals surface area (Å²) in [6, 6.07) is 15.4. The van der Waals surface area contributed by atoms with E-state index in [2.05, 4.69) is 5.16 Å². The summed E-state index contributed by atoms with van der Waals surface area (Å²) in [4.78, 5) is 0. The topological polar surface area (TPSA) is 66.5 Å². The smallest absolute Gasteiger partial charge is 0.167 e. The molecule has 0 aliphatic carbocycles. The van der Waals surface area contributed by atoms with Crippen molar-refractivity contribution in [2.24, 2.45) is 0 Å². The van der Waals surface area contributed by atoms with Crippen molar-refractivity contribution in [3.8, 4) is 34.1 Å². The van der Waals surface area contributed by atoms with Crippen LogP contribution in [0.4, 0.5) is 0 Å². The Labute approximate surface area is 109 Å². The second kappa shape index (κ2) is 4.49. The quantitative estimate of drug-likeness (QED) is 0.734. The number of hydrogen-bond donors (Lipinski definition) is 2. The standard InChI is InChI=1S/C15H11NO3/c17-11-5-3-4-10(8-11)15-9-13(16-19-15)12-6-1-2-7-14(12)18/h1-9,17-18H. The number of phenolic OH excluding ortho intramolecular Hbond substituents is 2. The van der Waals surface area contributed by atoms with Gasteiger partial charge in [-0.1, -0.05) is 29.4 Å². The molecule has 0 unspecified atom stereocenters. The van der Waals surface area contributed by atoms with Gasteiger partial charge in [0, 0.05) is 17.2 Å². The lowest BCUT2D eigenvalue weighted by molar-refractivity contribution is 0.432. The molecule has 1 heterocycles. The highest BCUT2D eigenvalue weighted by Crippen LogP contribution is 2.31. The average molecular weight is 253 g/mol. The number of aromatic nitrogens is 1. The molecule has 0 bridgehead atoms. The predicted octanol–water partition coefficient (Wildman–Crippen LogP) is 3.42.